The Morgan fingerprint density at radius 2 is 1.97 bits per heavy atom. The van der Waals surface area contributed by atoms with E-state index in [0.29, 0.717) is 6.54 Å². The molecule has 1 saturated heterocycles. The van der Waals surface area contributed by atoms with Gasteiger partial charge in [-0.15, -0.1) is 0 Å². The van der Waals surface area contributed by atoms with Gasteiger partial charge in [-0.3, -0.25) is 9.80 Å². The summed E-state index contributed by atoms with van der Waals surface area (Å²) >= 11 is 0. The lowest BCUT2D eigenvalue weighted by atomic mass is 9.69. The molecule has 1 aromatic heterocycles. The zero-order valence-corrected chi connectivity index (χ0v) is 18.2. The first-order valence-electron chi connectivity index (χ1n) is 10.6. The summed E-state index contributed by atoms with van der Waals surface area (Å²) in [5.74, 6) is 0.578. The number of anilines is 1. The Hall–Kier alpha value is -2.54. The summed E-state index contributed by atoms with van der Waals surface area (Å²) < 4.78 is 13.9. The smallest absolute Gasteiger partial charge is 0.322 e. The van der Waals surface area contributed by atoms with E-state index in [1.165, 1.54) is 6.07 Å². The molecule has 2 heterocycles. The third kappa shape index (κ3) is 3.45. The maximum atomic E-state index is 13.9. The van der Waals surface area contributed by atoms with E-state index in [-0.39, 0.29) is 22.9 Å². The average Bonchev–Trinajstić information content (AvgIpc) is 3.04. The molecule has 2 aliphatic rings. The second-order valence-corrected chi connectivity index (χ2v) is 8.84. The Morgan fingerprint density at radius 3 is 2.57 bits per heavy atom. The van der Waals surface area contributed by atoms with Gasteiger partial charge in [0.05, 0.1) is 29.7 Å². The first kappa shape index (κ1) is 20.7. The number of benzene rings is 1. The summed E-state index contributed by atoms with van der Waals surface area (Å²) in [6.07, 6.45) is 5.89. The minimum absolute atomic E-state index is 0.0888. The lowest BCUT2D eigenvalue weighted by Gasteiger charge is -2.48. The van der Waals surface area contributed by atoms with E-state index in [0.717, 1.165) is 54.9 Å². The van der Waals surface area contributed by atoms with Gasteiger partial charge < -0.3 is 5.32 Å². The molecule has 2 fully saturated rings. The standard InChI is InChI=1S/C23H30FN5O/c1-5-20-25-14-19(16(2)26-20)29-15-22(27-21(29)30)9-11-23(12-10-22,28(3)4)17-7-6-8-18(24)13-17/h6-8,13-14H,5,9-12,15H2,1-4H3,(H,27,30). The molecule has 1 aliphatic heterocycles. The molecule has 0 radical (unpaired) electrons. The second kappa shape index (κ2) is 7.61. The molecule has 2 amide bonds. The fourth-order valence-corrected chi connectivity index (χ4v) is 5.04. The van der Waals surface area contributed by atoms with Gasteiger partial charge in [0.2, 0.25) is 0 Å². The van der Waals surface area contributed by atoms with Crippen molar-refractivity contribution in [2.75, 3.05) is 25.5 Å². The van der Waals surface area contributed by atoms with Crippen molar-refractivity contribution in [3.05, 3.63) is 53.4 Å². The summed E-state index contributed by atoms with van der Waals surface area (Å²) in [7, 11) is 4.11. The molecule has 1 N–H and O–H groups in total. The summed E-state index contributed by atoms with van der Waals surface area (Å²) in [6, 6.07) is 6.83. The van der Waals surface area contributed by atoms with Gasteiger partial charge in [-0.1, -0.05) is 19.1 Å². The van der Waals surface area contributed by atoms with Gasteiger partial charge in [-0.25, -0.2) is 19.2 Å². The normalized spacial score (nSPS) is 26.5. The van der Waals surface area contributed by atoms with Crippen LogP contribution < -0.4 is 10.2 Å². The predicted octanol–water partition coefficient (Wildman–Crippen LogP) is 3.79. The number of hydrogen-bond acceptors (Lipinski definition) is 4. The summed E-state index contributed by atoms with van der Waals surface area (Å²) in [4.78, 5) is 25.8. The topological polar surface area (TPSA) is 61.4 Å². The van der Waals surface area contributed by atoms with Crippen molar-refractivity contribution < 1.29 is 9.18 Å². The predicted molar refractivity (Wildman–Crippen MR) is 115 cm³/mol. The molecule has 0 atom stereocenters. The molecule has 1 aliphatic carbocycles. The Labute approximate surface area is 177 Å². The molecule has 0 unspecified atom stereocenters. The highest BCUT2D eigenvalue weighted by Crippen LogP contribution is 2.46. The first-order valence-corrected chi connectivity index (χ1v) is 10.6. The summed E-state index contributed by atoms with van der Waals surface area (Å²) in [5, 5.41) is 3.25. The number of amides is 2. The molecule has 0 bridgehead atoms. The molecular formula is C23H30FN5O. The van der Waals surface area contributed by atoms with E-state index in [4.69, 9.17) is 0 Å². The van der Waals surface area contributed by atoms with Gasteiger partial charge in [0, 0.05) is 12.0 Å². The molecule has 2 aromatic rings. The van der Waals surface area contributed by atoms with Crippen molar-refractivity contribution in [1.29, 1.82) is 0 Å². The minimum atomic E-state index is -0.278. The highest BCUT2D eigenvalue weighted by atomic mass is 19.1. The highest BCUT2D eigenvalue weighted by molar-refractivity contribution is 5.95. The minimum Gasteiger partial charge on any atom is -0.330 e. The number of hydrogen-bond donors (Lipinski definition) is 1. The van der Waals surface area contributed by atoms with Crippen LogP contribution in [0.15, 0.2) is 30.5 Å². The zero-order chi connectivity index (χ0) is 21.5. The second-order valence-electron chi connectivity index (χ2n) is 8.84. The van der Waals surface area contributed by atoms with Crippen LogP contribution in [0, 0.1) is 12.7 Å². The maximum Gasteiger partial charge on any atom is 0.322 e. The van der Waals surface area contributed by atoms with Crippen LogP contribution >= 0.6 is 0 Å². The molecular weight excluding hydrogens is 381 g/mol. The SMILES string of the molecule is CCc1ncc(N2CC3(CCC(c4cccc(F)c4)(N(C)C)CC3)NC2=O)c(C)n1. The van der Waals surface area contributed by atoms with Gasteiger partial charge >= 0.3 is 6.03 Å². The van der Waals surface area contributed by atoms with Crippen LogP contribution in [0.4, 0.5) is 14.9 Å². The van der Waals surface area contributed by atoms with Crippen molar-refractivity contribution in [3.63, 3.8) is 0 Å². The van der Waals surface area contributed by atoms with Gasteiger partial charge in [0.1, 0.15) is 11.6 Å². The van der Waals surface area contributed by atoms with Crippen LogP contribution in [0.2, 0.25) is 0 Å². The van der Waals surface area contributed by atoms with Crippen LogP contribution in [-0.4, -0.2) is 47.1 Å². The Morgan fingerprint density at radius 1 is 1.23 bits per heavy atom. The van der Waals surface area contributed by atoms with Crippen LogP contribution in [-0.2, 0) is 12.0 Å². The van der Waals surface area contributed by atoms with Gasteiger partial charge in [-0.2, -0.15) is 0 Å². The number of urea groups is 1. The molecule has 30 heavy (non-hydrogen) atoms. The van der Waals surface area contributed by atoms with E-state index in [9.17, 15) is 9.18 Å². The van der Waals surface area contributed by atoms with Crippen LogP contribution in [0.25, 0.3) is 0 Å². The third-order valence-corrected chi connectivity index (χ3v) is 6.94. The van der Waals surface area contributed by atoms with E-state index in [1.54, 1.807) is 23.2 Å². The quantitative estimate of drug-likeness (QED) is 0.832. The number of halogens is 1. The lowest BCUT2D eigenvalue weighted by molar-refractivity contribution is 0.0655. The van der Waals surface area contributed by atoms with E-state index in [2.05, 4.69) is 34.3 Å². The van der Waals surface area contributed by atoms with Crippen molar-refractivity contribution in [2.24, 2.45) is 0 Å². The Bertz CT molecular complexity index is 952. The highest BCUT2D eigenvalue weighted by Gasteiger charge is 2.50. The van der Waals surface area contributed by atoms with Crippen molar-refractivity contribution in [1.82, 2.24) is 20.2 Å². The molecule has 1 spiro atoms. The van der Waals surface area contributed by atoms with Crippen LogP contribution in [0.5, 0.6) is 0 Å². The largest absolute Gasteiger partial charge is 0.330 e. The molecule has 160 valence electrons. The molecule has 7 heteroatoms. The fourth-order valence-electron chi connectivity index (χ4n) is 5.04. The molecule has 6 nitrogen and oxygen atoms in total. The van der Waals surface area contributed by atoms with E-state index < -0.39 is 0 Å². The van der Waals surface area contributed by atoms with Gasteiger partial charge in [0.15, 0.2) is 0 Å². The average molecular weight is 412 g/mol. The van der Waals surface area contributed by atoms with Crippen LogP contribution in [0.3, 0.4) is 0 Å². The fraction of sp³-hybridized carbons (Fsp3) is 0.522. The van der Waals surface area contributed by atoms with Crippen molar-refractivity contribution in [2.45, 2.75) is 57.0 Å². The van der Waals surface area contributed by atoms with E-state index >= 15 is 0 Å². The molecule has 1 aromatic carbocycles. The Kier molecular flexibility index (Phi) is 5.26. The van der Waals surface area contributed by atoms with Gasteiger partial charge in [0.25, 0.3) is 0 Å². The van der Waals surface area contributed by atoms with Crippen molar-refractivity contribution in [3.8, 4) is 0 Å². The monoisotopic (exact) mass is 411 g/mol. The maximum absolute atomic E-state index is 13.9. The summed E-state index contributed by atoms with van der Waals surface area (Å²) in [6.45, 7) is 4.55. The number of rotatable bonds is 4. The number of nitrogens with zero attached hydrogens (tertiary/aromatic N) is 4. The molecule has 4 rings (SSSR count). The number of aryl methyl sites for hydroxylation is 2. The van der Waals surface area contributed by atoms with Crippen LogP contribution in [0.1, 0.15) is 49.7 Å². The van der Waals surface area contributed by atoms with Crippen molar-refractivity contribution >= 4 is 11.7 Å². The molecule has 1 saturated carbocycles. The summed E-state index contributed by atoms with van der Waals surface area (Å²) in [5.41, 5.74) is 2.10. The third-order valence-electron chi connectivity index (χ3n) is 6.94. The number of carbonyl (C=O) groups excluding carboxylic acids is 1. The number of carbonyl (C=O) groups is 1. The lowest BCUT2D eigenvalue weighted by Crippen LogP contribution is -2.54. The van der Waals surface area contributed by atoms with Gasteiger partial charge in [-0.05, 0) is 64.4 Å². The number of aromatic nitrogens is 2. The van der Waals surface area contributed by atoms with E-state index in [1.807, 2.05) is 19.9 Å². The zero-order valence-electron chi connectivity index (χ0n) is 18.2. The first-order chi connectivity index (χ1) is 14.3. The Balaban J connectivity index is 1.56. The number of nitrogens with one attached hydrogen (secondary N) is 1.